The van der Waals surface area contributed by atoms with Crippen LogP contribution in [-0.2, 0) is 11.1 Å². The third kappa shape index (κ3) is 4.07. The lowest BCUT2D eigenvalue weighted by atomic mass is 10.1. The Balaban J connectivity index is 1.83. The molecule has 0 aromatic carbocycles. The van der Waals surface area contributed by atoms with Crippen LogP contribution in [0.1, 0.15) is 32.1 Å². The van der Waals surface area contributed by atoms with Crippen molar-refractivity contribution < 1.29 is 13.3 Å². The van der Waals surface area contributed by atoms with E-state index in [-0.39, 0.29) is 23.4 Å². The molecular weight excluding hydrogens is 315 g/mol. The molecule has 0 aliphatic rings. The number of alkyl halides is 2. The van der Waals surface area contributed by atoms with Gasteiger partial charge in [0, 0.05) is 13.0 Å². The Morgan fingerprint density at radius 2 is 2.05 bits per heavy atom. The number of H-pyrrole nitrogens is 1. The molecule has 2 rings (SSSR count). The predicted molar refractivity (Wildman–Crippen MR) is 78.2 cm³/mol. The zero-order valence-corrected chi connectivity index (χ0v) is 12.7. The second-order valence-electron chi connectivity index (χ2n) is 4.98. The van der Waals surface area contributed by atoms with Gasteiger partial charge in [0.15, 0.2) is 11.2 Å². The van der Waals surface area contributed by atoms with E-state index in [1.165, 1.54) is 6.33 Å². The van der Waals surface area contributed by atoms with E-state index in [1.807, 2.05) is 0 Å². The highest BCUT2D eigenvalue weighted by molar-refractivity contribution is 7.25. The first-order valence-corrected chi connectivity index (χ1v) is 7.67. The van der Waals surface area contributed by atoms with E-state index in [1.54, 1.807) is 4.57 Å². The highest BCUT2D eigenvalue weighted by Gasteiger charge is 2.28. The summed E-state index contributed by atoms with van der Waals surface area (Å²) in [7, 11) is -1.12. The quantitative estimate of drug-likeness (QED) is 0.571. The van der Waals surface area contributed by atoms with Crippen LogP contribution in [0.15, 0.2) is 11.1 Å². The lowest BCUT2D eigenvalue weighted by molar-refractivity contribution is 0.0847. The summed E-state index contributed by atoms with van der Waals surface area (Å²) in [4.78, 5) is 22.0. The fourth-order valence-electron chi connectivity index (χ4n) is 2.15. The molecule has 10 heteroatoms. The normalized spacial score (nSPS) is 12.3. The van der Waals surface area contributed by atoms with Crippen molar-refractivity contribution >= 4 is 25.6 Å². The Morgan fingerprint density at radius 3 is 2.77 bits per heavy atom. The molecule has 120 valence electrons. The Bertz CT molecular complexity index is 715. The van der Waals surface area contributed by atoms with Gasteiger partial charge in [-0.05, 0) is 12.8 Å². The highest BCUT2D eigenvalue weighted by atomic mass is 31.1. The number of nitrogen functional groups attached to an aromatic ring is 1. The number of fused-ring (bicyclic) bond motifs is 1. The molecule has 0 amide bonds. The average molecular weight is 331 g/mol. The van der Waals surface area contributed by atoms with Crippen molar-refractivity contribution in [1.82, 2.24) is 19.5 Å². The maximum atomic E-state index is 12.7. The largest absolute Gasteiger partial charge is 0.369 e. The molecule has 3 N–H and O–H groups in total. The monoisotopic (exact) mass is 331 g/mol. The van der Waals surface area contributed by atoms with E-state index in [0.717, 1.165) is 12.8 Å². The molecule has 0 aliphatic heterocycles. The van der Waals surface area contributed by atoms with E-state index < -0.39 is 14.1 Å². The summed E-state index contributed by atoms with van der Waals surface area (Å²) < 4.78 is 37.4. The van der Waals surface area contributed by atoms with Gasteiger partial charge in [0.1, 0.15) is 0 Å². The zero-order chi connectivity index (χ0) is 16.2. The number of rotatable bonds is 8. The zero-order valence-electron chi connectivity index (χ0n) is 11.8. The number of imidazole rings is 1. The van der Waals surface area contributed by atoms with E-state index >= 15 is 0 Å². The number of nitrogens with zero attached hydrogens (tertiary/aromatic N) is 3. The van der Waals surface area contributed by atoms with Crippen molar-refractivity contribution in [3.63, 3.8) is 0 Å². The topological polar surface area (TPSA) is 107 Å². The molecule has 2 heterocycles. The van der Waals surface area contributed by atoms with Crippen molar-refractivity contribution in [3.8, 4) is 0 Å². The lowest BCUT2D eigenvalue weighted by Crippen LogP contribution is -2.12. The molecule has 0 bridgehead atoms. The summed E-state index contributed by atoms with van der Waals surface area (Å²) in [5.74, 6) is 0.0262. The van der Waals surface area contributed by atoms with Gasteiger partial charge in [-0.15, -0.1) is 0 Å². The number of unbranched alkanes of at least 4 members (excludes halogenated alkanes) is 3. The number of aromatic amines is 1. The number of nitrogens with one attached hydrogen (secondary N) is 1. The minimum absolute atomic E-state index is 0.0262. The maximum Gasteiger partial charge on any atom is 0.325 e. The minimum Gasteiger partial charge on any atom is -0.369 e. The van der Waals surface area contributed by atoms with Crippen LogP contribution in [-0.4, -0.2) is 25.2 Å². The summed E-state index contributed by atoms with van der Waals surface area (Å²) in [6, 6.07) is 0. The maximum absolute atomic E-state index is 12.7. The van der Waals surface area contributed by atoms with Gasteiger partial charge in [-0.3, -0.25) is 14.3 Å². The van der Waals surface area contributed by atoms with Crippen molar-refractivity contribution in [2.24, 2.45) is 0 Å². The van der Waals surface area contributed by atoms with Gasteiger partial charge in [-0.25, -0.2) is 4.98 Å². The molecule has 0 saturated heterocycles. The standard InChI is InChI=1S/C12H16F2N5O2P/c13-12(14,22-21)5-3-1-2-4-6-19-7-16-8-9(19)17-11(15)18-10(8)20/h7H,1-6H2,(H3,15,17,18,20). The number of aromatic nitrogens is 4. The van der Waals surface area contributed by atoms with Crippen molar-refractivity contribution in [2.75, 3.05) is 5.73 Å². The van der Waals surface area contributed by atoms with Gasteiger partial charge in [-0.1, -0.05) is 12.8 Å². The van der Waals surface area contributed by atoms with Gasteiger partial charge in [0.25, 0.3) is 5.56 Å². The predicted octanol–water partition coefficient (Wildman–Crippen LogP) is 2.54. The van der Waals surface area contributed by atoms with Gasteiger partial charge in [0.05, 0.1) is 6.33 Å². The molecule has 0 radical (unpaired) electrons. The smallest absolute Gasteiger partial charge is 0.325 e. The lowest BCUT2D eigenvalue weighted by Gasteiger charge is -2.07. The number of halogens is 2. The fourth-order valence-corrected chi connectivity index (χ4v) is 2.40. The number of hydrogen-bond donors (Lipinski definition) is 2. The summed E-state index contributed by atoms with van der Waals surface area (Å²) in [6.07, 6.45) is 3.55. The number of anilines is 1. The van der Waals surface area contributed by atoms with Gasteiger partial charge < -0.3 is 10.3 Å². The Labute approximate surface area is 126 Å². The SMILES string of the molecule is Nc1nc2c(ncn2CCCCCCC(F)(F)P=O)c(=O)[nH]1. The fraction of sp³-hybridized carbons (Fsp3) is 0.583. The Kier molecular flexibility index (Phi) is 5.18. The van der Waals surface area contributed by atoms with Crippen molar-refractivity contribution in [2.45, 2.75) is 44.3 Å². The summed E-state index contributed by atoms with van der Waals surface area (Å²) >= 11 is 0. The number of nitrogens with two attached hydrogens (primary N) is 1. The highest BCUT2D eigenvalue weighted by Crippen LogP contribution is 2.32. The molecule has 0 unspecified atom stereocenters. The number of aryl methyl sites for hydroxylation is 1. The van der Waals surface area contributed by atoms with E-state index in [2.05, 4.69) is 15.0 Å². The third-order valence-electron chi connectivity index (χ3n) is 3.25. The van der Waals surface area contributed by atoms with Crippen molar-refractivity contribution in [1.29, 1.82) is 0 Å². The van der Waals surface area contributed by atoms with Crippen LogP contribution in [0.3, 0.4) is 0 Å². The molecule has 0 saturated carbocycles. The molecule has 2 aromatic heterocycles. The molecule has 0 atom stereocenters. The minimum atomic E-state index is -3.12. The van der Waals surface area contributed by atoms with E-state index in [0.29, 0.717) is 25.0 Å². The van der Waals surface area contributed by atoms with Crippen molar-refractivity contribution in [3.05, 3.63) is 16.7 Å². The summed E-state index contributed by atoms with van der Waals surface area (Å²) in [5.41, 5.74) is 2.63. The number of hydrogen-bond acceptors (Lipinski definition) is 5. The Morgan fingerprint density at radius 1 is 1.32 bits per heavy atom. The molecule has 2 aromatic rings. The molecular formula is C12H16F2N5O2P. The summed E-state index contributed by atoms with van der Waals surface area (Å²) in [6.45, 7) is 0.572. The molecule has 0 spiro atoms. The van der Waals surface area contributed by atoms with Crippen LogP contribution in [0.25, 0.3) is 11.2 Å². The first-order chi connectivity index (χ1) is 10.4. The first-order valence-electron chi connectivity index (χ1n) is 6.86. The van der Waals surface area contributed by atoms with E-state index in [4.69, 9.17) is 5.73 Å². The second kappa shape index (κ2) is 6.91. The molecule has 22 heavy (non-hydrogen) atoms. The van der Waals surface area contributed by atoms with Gasteiger partial charge in [-0.2, -0.15) is 13.8 Å². The average Bonchev–Trinajstić information content (AvgIpc) is 2.86. The van der Waals surface area contributed by atoms with Crippen LogP contribution in [0.4, 0.5) is 14.7 Å². The molecule has 0 aliphatic carbocycles. The van der Waals surface area contributed by atoms with E-state index in [9.17, 15) is 18.1 Å². The second-order valence-corrected chi connectivity index (χ2v) is 5.82. The van der Waals surface area contributed by atoms with Crippen LogP contribution >= 0.6 is 8.46 Å². The van der Waals surface area contributed by atoms with Gasteiger partial charge >= 0.3 is 5.66 Å². The first kappa shape index (κ1) is 16.5. The Hall–Kier alpha value is -1.89. The van der Waals surface area contributed by atoms with Crippen LogP contribution in [0, 0.1) is 0 Å². The summed E-state index contributed by atoms with van der Waals surface area (Å²) in [5, 5.41) is 0. The van der Waals surface area contributed by atoms with Crippen LogP contribution < -0.4 is 11.3 Å². The molecule has 0 fully saturated rings. The third-order valence-corrected chi connectivity index (χ3v) is 3.74. The molecule has 7 nitrogen and oxygen atoms in total. The van der Waals surface area contributed by atoms with Gasteiger partial charge in [0.2, 0.25) is 14.4 Å². The van der Waals surface area contributed by atoms with Crippen LogP contribution in [0.5, 0.6) is 0 Å². The van der Waals surface area contributed by atoms with Crippen LogP contribution in [0.2, 0.25) is 0 Å².